The first kappa shape index (κ1) is 18.6. The summed E-state index contributed by atoms with van der Waals surface area (Å²) in [5, 5.41) is 8.35. The van der Waals surface area contributed by atoms with Crippen LogP contribution in [0, 0.1) is 13.8 Å². The number of hydrogen-bond donors (Lipinski definition) is 1. The van der Waals surface area contributed by atoms with E-state index in [0.717, 1.165) is 28.7 Å². The van der Waals surface area contributed by atoms with Gasteiger partial charge < -0.3 is 5.32 Å². The molecule has 0 bridgehead atoms. The Morgan fingerprint density at radius 3 is 2.58 bits per heavy atom. The maximum absolute atomic E-state index is 12.9. The molecule has 0 aliphatic heterocycles. The number of nitrogens with zero attached hydrogens (tertiary/aromatic N) is 3. The summed E-state index contributed by atoms with van der Waals surface area (Å²) in [5.74, 6) is -0.0686. The maximum atomic E-state index is 12.9. The minimum atomic E-state index is -0.0686. The molecule has 0 saturated carbocycles. The Morgan fingerprint density at radius 2 is 2.00 bits per heavy atom. The van der Waals surface area contributed by atoms with E-state index in [-0.39, 0.29) is 18.0 Å². The van der Waals surface area contributed by atoms with E-state index in [4.69, 9.17) is 4.98 Å². The second-order valence-corrected chi connectivity index (χ2v) is 8.55. The highest BCUT2D eigenvalue weighted by Gasteiger charge is 2.20. The Morgan fingerprint density at radius 1 is 1.27 bits per heavy atom. The van der Waals surface area contributed by atoms with Crippen molar-refractivity contribution in [3.63, 3.8) is 0 Å². The van der Waals surface area contributed by atoms with Gasteiger partial charge in [0.05, 0.1) is 22.8 Å². The van der Waals surface area contributed by atoms with E-state index in [9.17, 15) is 4.79 Å². The van der Waals surface area contributed by atoms with E-state index in [1.807, 2.05) is 17.7 Å². The number of fused-ring (bicyclic) bond motifs is 1. The van der Waals surface area contributed by atoms with E-state index >= 15 is 0 Å². The summed E-state index contributed by atoms with van der Waals surface area (Å²) in [5.41, 5.74) is 3.31. The zero-order chi connectivity index (χ0) is 19.0. The smallest absolute Gasteiger partial charge is 0.252 e. The van der Waals surface area contributed by atoms with E-state index in [2.05, 4.69) is 51.1 Å². The molecule has 0 radical (unpaired) electrons. The van der Waals surface area contributed by atoms with Gasteiger partial charge in [0.2, 0.25) is 0 Å². The van der Waals surface area contributed by atoms with E-state index < -0.39 is 0 Å². The second kappa shape index (κ2) is 7.19. The zero-order valence-electron chi connectivity index (χ0n) is 16.3. The van der Waals surface area contributed by atoms with Crippen LogP contribution in [-0.4, -0.2) is 26.7 Å². The summed E-state index contributed by atoms with van der Waals surface area (Å²) >= 11 is 1.75. The van der Waals surface area contributed by atoms with Crippen molar-refractivity contribution in [3.05, 3.63) is 33.6 Å². The summed E-state index contributed by atoms with van der Waals surface area (Å²) < 4.78 is 1.88. The van der Waals surface area contributed by atoms with Crippen molar-refractivity contribution in [3.8, 4) is 11.3 Å². The zero-order valence-corrected chi connectivity index (χ0v) is 17.1. The molecule has 0 saturated heterocycles. The maximum Gasteiger partial charge on any atom is 0.252 e. The van der Waals surface area contributed by atoms with Crippen LogP contribution in [0.25, 0.3) is 22.3 Å². The third kappa shape index (κ3) is 3.38. The number of nitrogens with one attached hydrogen (secondary N) is 1. The van der Waals surface area contributed by atoms with Crippen molar-refractivity contribution in [2.75, 3.05) is 0 Å². The minimum Gasteiger partial charge on any atom is -0.350 e. The third-order valence-electron chi connectivity index (χ3n) is 4.61. The Kier molecular flexibility index (Phi) is 5.14. The standard InChI is InChI=1S/C20H26N4OS/c1-7-12(4)22-20(25)16-9-18(15-8-13(5)26-14(15)6)23-19-17(16)10-21-24(19)11(2)3/h8-12H,7H2,1-6H3,(H,22,25)/t12-/m0/s1. The number of carbonyl (C=O) groups is 1. The van der Waals surface area contributed by atoms with Crippen LogP contribution < -0.4 is 5.32 Å². The van der Waals surface area contributed by atoms with Crippen molar-refractivity contribution < 1.29 is 4.79 Å². The monoisotopic (exact) mass is 370 g/mol. The fourth-order valence-electron chi connectivity index (χ4n) is 3.01. The van der Waals surface area contributed by atoms with Crippen LogP contribution in [0.5, 0.6) is 0 Å². The number of hydrogen-bond acceptors (Lipinski definition) is 4. The van der Waals surface area contributed by atoms with Crippen LogP contribution in [0.1, 0.15) is 60.3 Å². The lowest BCUT2D eigenvalue weighted by atomic mass is 10.1. The summed E-state index contributed by atoms with van der Waals surface area (Å²) in [7, 11) is 0. The number of amides is 1. The molecule has 0 unspecified atom stereocenters. The third-order valence-corrected chi connectivity index (χ3v) is 5.57. The molecule has 0 spiro atoms. The van der Waals surface area contributed by atoms with Gasteiger partial charge in [0.1, 0.15) is 0 Å². The SMILES string of the molecule is CC[C@H](C)NC(=O)c1cc(-c2cc(C)sc2C)nc2c1cnn2C(C)C. The van der Waals surface area contributed by atoms with Crippen molar-refractivity contribution in [1.29, 1.82) is 0 Å². The van der Waals surface area contributed by atoms with Crippen LogP contribution in [0.4, 0.5) is 0 Å². The lowest BCUT2D eigenvalue weighted by molar-refractivity contribution is 0.0941. The van der Waals surface area contributed by atoms with Crippen LogP contribution in [0.2, 0.25) is 0 Å². The molecule has 0 aliphatic carbocycles. The predicted octanol–water partition coefficient (Wildman–Crippen LogP) is 4.89. The van der Waals surface area contributed by atoms with Crippen molar-refractivity contribution in [1.82, 2.24) is 20.1 Å². The van der Waals surface area contributed by atoms with Gasteiger partial charge in [-0.25, -0.2) is 9.67 Å². The Labute approximate surface area is 158 Å². The predicted molar refractivity (Wildman–Crippen MR) is 108 cm³/mol. The molecule has 1 N–H and O–H groups in total. The lowest BCUT2D eigenvalue weighted by Gasteiger charge is -2.14. The van der Waals surface area contributed by atoms with E-state index in [1.54, 1.807) is 17.5 Å². The first-order chi connectivity index (χ1) is 12.3. The van der Waals surface area contributed by atoms with Crippen LogP contribution in [0.15, 0.2) is 18.3 Å². The molecule has 1 amide bonds. The number of aromatic nitrogens is 3. The highest BCUT2D eigenvalue weighted by molar-refractivity contribution is 7.12. The minimum absolute atomic E-state index is 0.0686. The number of carbonyl (C=O) groups excluding carboxylic acids is 1. The molecule has 0 fully saturated rings. The van der Waals surface area contributed by atoms with E-state index in [1.165, 1.54) is 9.75 Å². The number of rotatable bonds is 5. The molecule has 0 aliphatic rings. The largest absolute Gasteiger partial charge is 0.350 e. The normalized spacial score (nSPS) is 12.7. The Balaban J connectivity index is 2.22. The summed E-state index contributed by atoms with van der Waals surface area (Å²) in [4.78, 5) is 20.2. The van der Waals surface area contributed by atoms with Crippen molar-refractivity contribution >= 4 is 28.3 Å². The van der Waals surface area contributed by atoms with Gasteiger partial charge >= 0.3 is 0 Å². The van der Waals surface area contributed by atoms with Gasteiger partial charge in [-0.05, 0) is 53.2 Å². The summed E-state index contributed by atoms with van der Waals surface area (Å²) in [6, 6.07) is 4.34. The molecule has 26 heavy (non-hydrogen) atoms. The highest BCUT2D eigenvalue weighted by Crippen LogP contribution is 2.32. The van der Waals surface area contributed by atoms with Crippen molar-refractivity contribution in [2.24, 2.45) is 0 Å². The molecule has 5 nitrogen and oxygen atoms in total. The first-order valence-electron chi connectivity index (χ1n) is 9.08. The van der Waals surface area contributed by atoms with Gasteiger partial charge in [-0.15, -0.1) is 11.3 Å². The fraction of sp³-hybridized carbons (Fsp3) is 0.450. The molecular formula is C20H26N4OS. The van der Waals surface area contributed by atoms with Crippen molar-refractivity contribution in [2.45, 2.75) is 60.0 Å². The molecule has 3 rings (SSSR count). The van der Waals surface area contributed by atoms with Crippen LogP contribution in [0.3, 0.4) is 0 Å². The molecule has 6 heteroatoms. The summed E-state index contributed by atoms with van der Waals surface area (Å²) in [6.45, 7) is 12.4. The van der Waals surface area contributed by atoms with Crippen LogP contribution in [-0.2, 0) is 0 Å². The van der Waals surface area contributed by atoms with Gasteiger partial charge in [-0.1, -0.05) is 6.92 Å². The first-order valence-corrected chi connectivity index (χ1v) is 9.90. The molecule has 3 aromatic heterocycles. The highest BCUT2D eigenvalue weighted by atomic mass is 32.1. The number of pyridine rings is 1. The average molecular weight is 371 g/mol. The lowest BCUT2D eigenvalue weighted by Crippen LogP contribution is -2.32. The Bertz CT molecular complexity index is 954. The van der Waals surface area contributed by atoms with Gasteiger partial charge in [0.15, 0.2) is 5.65 Å². The van der Waals surface area contributed by atoms with Gasteiger partial charge in [0.25, 0.3) is 5.91 Å². The van der Waals surface area contributed by atoms with Gasteiger partial charge in [-0.2, -0.15) is 5.10 Å². The molecule has 3 heterocycles. The summed E-state index contributed by atoms with van der Waals surface area (Å²) in [6.07, 6.45) is 2.64. The fourth-order valence-corrected chi connectivity index (χ4v) is 3.94. The van der Waals surface area contributed by atoms with E-state index in [0.29, 0.717) is 5.56 Å². The number of thiophene rings is 1. The molecule has 3 aromatic rings. The quantitative estimate of drug-likeness (QED) is 0.696. The second-order valence-electron chi connectivity index (χ2n) is 7.08. The molecule has 0 aromatic carbocycles. The number of aryl methyl sites for hydroxylation is 2. The topological polar surface area (TPSA) is 59.8 Å². The van der Waals surface area contributed by atoms with Gasteiger partial charge in [-0.3, -0.25) is 4.79 Å². The van der Waals surface area contributed by atoms with Crippen LogP contribution >= 0.6 is 11.3 Å². The average Bonchev–Trinajstić information content (AvgIpc) is 3.16. The molecule has 1 atom stereocenters. The molecule has 138 valence electrons. The van der Waals surface area contributed by atoms with Gasteiger partial charge in [0, 0.05) is 27.4 Å². The molecular weight excluding hydrogens is 344 g/mol. The Hall–Kier alpha value is -2.21.